The number of esters is 1. The summed E-state index contributed by atoms with van der Waals surface area (Å²) >= 11 is 0. The van der Waals surface area contributed by atoms with Gasteiger partial charge in [0.2, 0.25) is 5.91 Å². The lowest BCUT2D eigenvalue weighted by atomic mass is 10.0. The molecule has 3 aromatic carbocycles. The third-order valence-corrected chi connectivity index (χ3v) is 7.37. The second-order valence-corrected chi connectivity index (χ2v) is 10.9. The van der Waals surface area contributed by atoms with E-state index in [1.807, 2.05) is 37.3 Å². The van der Waals surface area contributed by atoms with E-state index in [0.717, 1.165) is 30.0 Å². The van der Waals surface area contributed by atoms with Crippen molar-refractivity contribution in [3.8, 4) is 11.5 Å². The van der Waals surface area contributed by atoms with Crippen molar-refractivity contribution in [3.63, 3.8) is 0 Å². The van der Waals surface area contributed by atoms with Crippen LogP contribution >= 0.6 is 0 Å². The molecule has 0 heterocycles. The van der Waals surface area contributed by atoms with Crippen LogP contribution in [0.3, 0.4) is 0 Å². The number of hydrazone groups is 1. The molecule has 2 amide bonds. The van der Waals surface area contributed by atoms with Crippen LogP contribution < -0.4 is 20.2 Å². The average molecular weight is 602 g/mol. The van der Waals surface area contributed by atoms with Gasteiger partial charge in [0.25, 0.3) is 5.91 Å². The maximum absolute atomic E-state index is 12.9. The van der Waals surface area contributed by atoms with Crippen molar-refractivity contribution in [2.75, 3.05) is 13.2 Å². The lowest BCUT2D eigenvalue weighted by Crippen LogP contribution is -2.34. The highest BCUT2D eigenvalue weighted by Crippen LogP contribution is 2.27. The maximum Gasteiger partial charge on any atom is 0.343 e. The fraction of sp³-hybridized carbons (Fsp3) is 0.444. The molecule has 0 spiro atoms. The first kappa shape index (κ1) is 34.3. The summed E-state index contributed by atoms with van der Waals surface area (Å²) in [4.78, 5) is 37.4. The topological polar surface area (TPSA) is 106 Å². The van der Waals surface area contributed by atoms with Gasteiger partial charge in [0, 0.05) is 12.0 Å². The van der Waals surface area contributed by atoms with Gasteiger partial charge in [-0.15, -0.1) is 0 Å². The minimum absolute atomic E-state index is 0.141. The lowest BCUT2D eigenvalue weighted by molar-refractivity contribution is -0.126. The molecule has 0 aliphatic rings. The molecule has 0 unspecified atom stereocenters. The van der Waals surface area contributed by atoms with Gasteiger partial charge in [-0.3, -0.25) is 9.59 Å². The molecule has 0 aliphatic heterocycles. The van der Waals surface area contributed by atoms with Gasteiger partial charge >= 0.3 is 5.97 Å². The van der Waals surface area contributed by atoms with Crippen LogP contribution in [0, 0.1) is 0 Å². The molecule has 0 atom stereocenters. The van der Waals surface area contributed by atoms with E-state index in [2.05, 4.69) is 22.8 Å². The zero-order chi connectivity index (χ0) is 31.4. The van der Waals surface area contributed by atoms with Crippen molar-refractivity contribution in [2.24, 2.45) is 5.10 Å². The number of fused-ring (bicyclic) bond motifs is 1. The minimum atomic E-state index is -0.525. The van der Waals surface area contributed by atoms with Crippen LogP contribution in [0.25, 0.3) is 10.8 Å². The van der Waals surface area contributed by atoms with Crippen LogP contribution in [0.1, 0.15) is 107 Å². The van der Waals surface area contributed by atoms with E-state index in [4.69, 9.17) is 9.47 Å². The molecule has 44 heavy (non-hydrogen) atoms. The molecule has 0 bridgehead atoms. The summed E-state index contributed by atoms with van der Waals surface area (Å²) in [5, 5.41) is 8.49. The minimum Gasteiger partial charge on any atom is -0.494 e. The van der Waals surface area contributed by atoms with Gasteiger partial charge in [-0.1, -0.05) is 101 Å². The third kappa shape index (κ3) is 12.2. The van der Waals surface area contributed by atoms with Crippen LogP contribution in [-0.4, -0.2) is 37.1 Å². The van der Waals surface area contributed by atoms with Crippen molar-refractivity contribution in [3.05, 3.63) is 71.8 Å². The third-order valence-electron chi connectivity index (χ3n) is 7.37. The first-order valence-corrected chi connectivity index (χ1v) is 16.1. The summed E-state index contributed by atoms with van der Waals surface area (Å²) in [7, 11) is 0. The van der Waals surface area contributed by atoms with Crippen molar-refractivity contribution in [1.82, 2.24) is 10.7 Å². The summed E-state index contributed by atoms with van der Waals surface area (Å²) in [6, 6.07) is 17.9. The number of nitrogens with one attached hydrogen (secondary N) is 2. The van der Waals surface area contributed by atoms with Crippen molar-refractivity contribution < 1.29 is 23.9 Å². The Bertz CT molecular complexity index is 1350. The van der Waals surface area contributed by atoms with Gasteiger partial charge in [-0.2, -0.15) is 5.10 Å². The number of hydrogen-bond donors (Lipinski definition) is 2. The first-order chi connectivity index (χ1) is 21.5. The molecule has 0 radical (unpaired) electrons. The second kappa shape index (κ2) is 19.9. The van der Waals surface area contributed by atoms with E-state index in [1.54, 1.807) is 30.3 Å². The molecule has 0 saturated heterocycles. The molecule has 0 aliphatic carbocycles. The van der Waals surface area contributed by atoms with Crippen molar-refractivity contribution >= 4 is 34.8 Å². The summed E-state index contributed by atoms with van der Waals surface area (Å²) in [5.41, 5.74) is 3.38. The summed E-state index contributed by atoms with van der Waals surface area (Å²) in [6.45, 7) is 4.50. The standard InChI is InChI=1S/C36H47N3O5/c1-3-5-6-7-8-9-10-11-12-13-14-19-34(40)37-27-35(41)39-38-26-32-31-18-16-15-17-28(31)22-25-33(32)44-36(42)29-20-23-30(24-21-29)43-4-2/h15-18,20-26H,3-14,19,27H2,1-2H3,(H,37,40)(H,39,41). The van der Waals surface area contributed by atoms with E-state index in [1.165, 1.54) is 57.6 Å². The predicted octanol–water partition coefficient (Wildman–Crippen LogP) is 7.73. The molecule has 0 aromatic heterocycles. The molecule has 8 nitrogen and oxygen atoms in total. The quantitative estimate of drug-likeness (QED) is 0.0453. The highest BCUT2D eigenvalue weighted by molar-refractivity contribution is 6.04. The number of carbonyl (C=O) groups is 3. The number of unbranched alkanes of at least 4 members (excludes halogenated alkanes) is 10. The number of rotatable bonds is 20. The zero-order valence-electron chi connectivity index (χ0n) is 26.2. The van der Waals surface area contributed by atoms with Gasteiger partial charge in [0.05, 0.1) is 24.9 Å². The van der Waals surface area contributed by atoms with E-state index in [-0.39, 0.29) is 12.5 Å². The van der Waals surface area contributed by atoms with Gasteiger partial charge < -0.3 is 14.8 Å². The molecule has 3 rings (SSSR count). The fourth-order valence-electron chi connectivity index (χ4n) is 4.94. The SMILES string of the molecule is CCCCCCCCCCCCCC(=O)NCC(=O)NN=Cc1c(OC(=O)c2ccc(OCC)cc2)ccc2ccccc12. The molecule has 8 heteroatoms. The average Bonchev–Trinajstić information content (AvgIpc) is 3.04. The van der Waals surface area contributed by atoms with E-state index in [0.29, 0.717) is 35.7 Å². The zero-order valence-corrected chi connectivity index (χ0v) is 26.2. The number of amides is 2. The van der Waals surface area contributed by atoms with E-state index in [9.17, 15) is 14.4 Å². The maximum atomic E-state index is 12.9. The Morgan fingerprint density at radius 2 is 1.41 bits per heavy atom. The Kier molecular flexibility index (Phi) is 15.5. The number of benzene rings is 3. The van der Waals surface area contributed by atoms with Gasteiger partial charge in [0.15, 0.2) is 0 Å². The van der Waals surface area contributed by atoms with Crippen LogP contribution in [0.5, 0.6) is 11.5 Å². The number of hydrogen-bond acceptors (Lipinski definition) is 6. The van der Waals surface area contributed by atoms with Gasteiger partial charge in [-0.05, 0) is 54.4 Å². The molecule has 0 saturated carbocycles. The smallest absolute Gasteiger partial charge is 0.343 e. The van der Waals surface area contributed by atoms with Gasteiger partial charge in [0.1, 0.15) is 11.5 Å². The summed E-state index contributed by atoms with van der Waals surface area (Å²) in [5.74, 6) is -0.133. The molecule has 236 valence electrons. The lowest BCUT2D eigenvalue weighted by Gasteiger charge is -2.11. The largest absolute Gasteiger partial charge is 0.494 e. The Morgan fingerprint density at radius 1 is 0.750 bits per heavy atom. The summed E-state index contributed by atoms with van der Waals surface area (Å²) < 4.78 is 11.2. The monoisotopic (exact) mass is 601 g/mol. The molecular weight excluding hydrogens is 554 g/mol. The molecule has 3 aromatic rings. The number of ether oxygens (including phenoxy) is 2. The highest BCUT2D eigenvalue weighted by Gasteiger charge is 2.14. The molecular formula is C36H47N3O5. The van der Waals surface area contributed by atoms with E-state index >= 15 is 0 Å². The molecule has 2 N–H and O–H groups in total. The van der Waals surface area contributed by atoms with Crippen LogP contribution in [-0.2, 0) is 9.59 Å². The predicted molar refractivity (Wildman–Crippen MR) is 176 cm³/mol. The fourth-order valence-corrected chi connectivity index (χ4v) is 4.94. The molecule has 0 fully saturated rings. The Balaban J connectivity index is 1.44. The van der Waals surface area contributed by atoms with Crippen LogP contribution in [0.2, 0.25) is 0 Å². The first-order valence-electron chi connectivity index (χ1n) is 16.1. The Labute approximate surface area is 261 Å². The van der Waals surface area contributed by atoms with Crippen molar-refractivity contribution in [1.29, 1.82) is 0 Å². The second-order valence-electron chi connectivity index (χ2n) is 10.9. The Hall–Kier alpha value is -4.20. The normalized spacial score (nSPS) is 11.0. The number of carbonyl (C=O) groups excluding carboxylic acids is 3. The van der Waals surface area contributed by atoms with Crippen LogP contribution in [0.4, 0.5) is 0 Å². The van der Waals surface area contributed by atoms with Crippen LogP contribution in [0.15, 0.2) is 65.8 Å². The summed E-state index contributed by atoms with van der Waals surface area (Å²) in [6.07, 6.45) is 15.3. The highest BCUT2D eigenvalue weighted by atomic mass is 16.5. The van der Waals surface area contributed by atoms with E-state index < -0.39 is 11.9 Å². The van der Waals surface area contributed by atoms with Gasteiger partial charge in [-0.25, -0.2) is 10.2 Å². The van der Waals surface area contributed by atoms with Crippen molar-refractivity contribution in [2.45, 2.75) is 90.9 Å². The number of nitrogens with zero attached hydrogens (tertiary/aromatic N) is 1. The Morgan fingerprint density at radius 3 is 2.09 bits per heavy atom.